The number of carbonyl (C=O) groups excluding carboxylic acids is 2. The highest BCUT2D eigenvalue weighted by atomic mass is 35.5. The fourth-order valence-electron chi connectivity index (χ4n) is 2.46. The lowest BCUT2D eigenvalue weighted by Gasteiger charge is -2.31. The summed E-state index contributed by atoms with van der Waals surface area (Å²) in [5, 5.41) is 0.481. The summed E-state index contributed by atoms with van der Waals surface area (Å²) < 4.78 is 4.68. The monoisotopic (exact) mass is 295 g/mol. The molecule has 0 atom stereocenters. The van der Waals surface area contributed by atoms with Crippen LogP contribution in [0.5, 0.6) is 0 Å². The molecule has 1 amide bonds. The molecule has 1 aliphatic rings. The average molecular weight is 296 g/mol. The highest BCUT2D eigenvalue weighted by Crippen LogP contribution is 2.24. The van der Waals surface area contributed by atoms with Gasteiger partial charge in [-0.05, 0) is 30.9 Å². The first-order valence-electron chi connectivity index (χ1n) is 6.72. The minimum absolute atomic E-state index is 0.0351. The van der Waals surface area contributed by atoms with E-state index in [1.807, 2.05) is 12.1 Å². The van der Waals surface area contributed by atoms with Gasteiger partial charge in [0, 0.05) is 19.5 Å². The lowest BCUT2D eigenvalue weighted by Crippen LogP contribution is -2.39. The summed E-state index contributed by atoms with van der Waals surface area (Å²) in [5.74, 6) is 0.0887. The second-order valence-corrected chi connectivity index (χ2v) is 5.40. The summed E-state index contributed by atoms with van der Waals surface area (Å²) in [7, 11) is 1.40. The van der Waals surface area contributed by atoms with Crippen LogP contribution in [-0.2, 0) is 9.53 Å². The van der Waals surface area contributed by atoms with Gasteiger partial charge in [0.15, 0.2) is 0 Å². The number of amides is 1. The van der Waals surface area contributed by atoms with Gasteiger partial charge in [-0.1, -0.05) is 23.7 Å². The molecule has 0 aromatic heterocycles. The second kappa shape index (κ2) is 6.75. The number of nitrogens with zero attached hydrogens (tertiary/aromatic N) is 1. The fourth-order valence-corrected chi connectivity index (χ4v) is 2.68. The van der Waals surface area contributed by atoms with Gasteiger partial charge in [-0.3, -0.25) is 9.59 Å². The van der Waals surface area contributed by atoms with Gasteiger partial charge < -0.3 is 9.64 Å². The highest BCUT2D eigenvalue weighted by molar-refractivity contribution is 6.33. The number of rotatable bonds is 3. The molecule has 0 aliphatic carbocycles. The molecule has 1 heterocycles. The molecular formula is C15H18ClNO3. The lowest BCUT2D eigenvalue weighted by molar-refractivity contribution is -0.142. The third-order valence-corrected chi connectivity index (χ3v) is 4.02. The lowest BCUT2D eigenvalue weighted by atomic mass is 9.93. The summed E-state index contributed by atoms with van der Waals surface area (Å²) in [6, 6.07) is 7.08. The molecule has 1 fully saturated rings. The molecular weight excluding hydrogens is 278 g/mol. The maximum absolute atomic E-state index is 12.4. The van der Waals surface area contributed by atoms with E-state index in [0.29, 0.717) is 36.0 Å². The Bertz CT molecular complexity index is 496. The normalized spacial score (nSPS) is 16.0. The average Bonchev–Trinajstić information content (AvgIpc) is 2.47. The van der Waals surface area contributed by atoms with E-state index in [2.05, 4.69) is 4.74 Å². The van der Waals surface area contributed by atoms with Gasteiger partial charge in [0.2, 0.25) is 0 Å². The van der Waals surface area contributed by atoms with Crippen LogP contribution in [0.2, 0.25) is 5.02 Å². The zero-order valence-electron chi connectivity index (χ0n) is 11.5. The van der Waals surface area contributed by atoms with Crippen molar-refractivity contribution in [3.05, 3.63) is 34.9 Å². The largest absolute Gasteiger partial charge is 0.469 e. The minimum atomic E-state index is -0.180. The molecule has 0 N–H and O–H groups in total. The Morgan fingerprint density at radius 2 is 1.95 bits per heavy atom. The number of benzene rings is 1. The summed E-state index contributed by atoms with van der Waals surface area (Å²) in [6.07, 6.45) is 2.08. The molecule has 5 heteroatoms. The van der Waals surface area contributed by atoms with Gasteiger partial charge in [0.1, 0.15) is 0 Å². The third kappa shape index (κ3) is 3.51. The first-order chi connectivity index (χ1) is 9.61. The van der Waals surface area contributed by atoms with Crippen molar-refractivity contribution in [1.29, 1.82) is 0 Å². The predicted octanol–water partition coefficient (Wildman–Crippen LogP) is 2.76. The second-order valence-electron chi connectivity index (χ2n) is 5.00. The molecule has 108 valence electrons. The van der Waals surface area contributed by atoms with Crippen molar-refractivity contribution in [1.82, 2.24) is 4.90 Å². The number of ether oxygens (including phenoxy) is 1. The molecule has 1 aromatic carbocycles. The Labute approximate surface area is 123 Å². The molecule has 2 rings (SSSR count). The number of hydrogen-bond acceptors (Lipinski definition) is 3. The van der Waals surface area contributed by atoms with Crippen LogP contribution in [0.25, 0.3) is 0 Å². The maximum atomic E-state index is 12.4. The van der Waals surface area contributed by atoms with Crippen LogP contribution in [0, 0.1) is 5.92 Å². The zero-order valence-corrected chi connectivity index (χ0v) is 12.2. The van der Waals surface area contributed by atoms with Gasteiger partial charge >= 0.3 is 5.97 Å². The van der Waals surface area contributed by atoms with E-state index in [1.54, 1.807) is 17.0 Å². The van der Waals surface area contributed by atoms with E-state index in [9.17, 15) is 9.59 Å². The molecule has 0 bridgehead atoms. The molecule has 0 unspecified atom stereocenters. The Morgan fingerprint density at radius 3 is 2.55 bits per heavy atom. The van der Waals surface area contributed by atoms with Gasteiger partial charge in [0.05, 0.1) is 17.7 Å². The van der Waals surface area contributed by atoms with E-state index >= 15 is 0 Å². The van der Waals surface area contributed by atoms with E-state index in [4.69, 9.17) is 11.6 Å². The molecule has 4 nitrogen and oxygen atoms in total. The highest BCUT2D eigenvalue weighted by Gasteiger charge is 2.26. The molecule has 1 saturated heterocycles. The summed E-state index contributed by atoms with van der Waals surface area (Å²) in [6.45, 7) is 1.32. The Hall–Kier alpha value is -1.55. The maximum Gasteiger partial charge on any atom is 0.305 e. The van der Waals surface area contributed by atoms with E-state index < -0.39 is 0 Å². The number of likely N-dealkylation sites (tertiary alicyclic amines) is 1. The first kappa shape index (κ1) is 14.9. The number of halogens is 1. The number of methoxy groups -OCH3 is 1. The molecule has 20 heavy (non-hydrogen) atoms. The van der Waals surface area contributed by atoms with E-state index in [1.165, 1.54) is 7.11 Å². The third-order valence-electron chi connectivity index (χ3n) is 3.69. The van der Waals surface area contributed by atoms with Crippen molar-refractivity contribution in [2.75, 3.05) is 20.2 Å². The van der Waals surface area contributed by atoms with Crippen molar-refractivity contribution >= 4 is 23.5 Å². The molecule has 0 saturated carbocycles. The van der Waals surface area contributed by atoms with E-state index in [0.717, 1.165) is 12.8 Å². The van der Waals surface area contributed by atoms with Crippen LogP contribution in [0.3, 0.4) is 0 Å². The van der Waals surface area contributed by atoms with Gasteiger partial charge in [-0.15, -0.1) is 0 Å². The quantitative estimate of drug-likeness (QED) is 0.806. The number of esters is 1. The topological polar surface area (TPSA) is 46.6 Å². The van der Waals surface area contributed by atoms with Gasteiger partial charge in [0.25, 0.3) is 5.91 Å². The standard InChI is InChI=1S/C15H18ClNO3/c1-20-14(18)10-11-6-8-17(9-7-11)15(19)12-4-2-3-5-13(12)16/h2-5,11H,6-10H2,1H3. The van der Waals surface area contributed by atoms with Crippen molar-refractivity contribution in [2.24, 2.45) is 5.92 Å². The molecule has 1 aliphatic heterocycles. The van der Waals surface area contributed by atoms with Crippen molar-refractivity contribution in [2.45, 2.75) is 19.3 Å². The first-order valence-corrected chi connectivity index (χ1v) is 7.10. The summed E-state index contributed by atoms with van der Waals surface area (Å²) >= 11 is 6.05. The predicted molar refractivity (Wildman–Crippen MR) is 76.7 cm³/mol. The van der Waals surface area contributed by atoms with Crippen LogP contribution in [0.15, 0.2) is 24.3 Å². The van der Waals surface area contributed by atoms with Crippen molar-refractivity contribution in [3.63, 3.8) is 0 Å². The van der Waals surface area contributed by atoms with Crippen LogP contribution >= 0.6 is 11.6 Å². The smallest absolute Gasteiger partial charge is 0.305 e. The molecule has 1 aromatic rings. The number of piperidine rings is 1. The fraction of sp³-hybridized carbons (Fsp3) is 0.467. The van der Waals surface area contributed by atoms with Crippen LogP contribution in [0.4, 0.5) is 0 Å². The Balaban J connectivity index is 1.92. The SMILES string of the molecule is COC(=O)CC1CCN(C(=O)c2ccccc2Cl)CC1. The molecule has 0 radical (unpaired) electrons. The van der Waals surface area contributed by atoms with Crippen molar-refractivity contribution in [3.8, 4) is 0 Å². The van der Waals surface area contributed by atoms with Gasteiger partial charge in [-0.2, -0.15) is 0 Å². The number of hydrogen-bond donors (Lipinski definition) is 0. The van der Waals surface area contributed by atoms with Crippen LogP contribution in [0.1, 0.15) is 29.6 Å². The van der Waals surface area contributed by atoms with Gasteiger partial charge in [-0.25, -0.2) is 0 Å². The van der Waals surface area contributed by atoms with E-state index in [-0.39, 0.29) is 11.9 Å². The Kier molecular flexibility index (Phi) is 5.01. The summed E-state index contributed by atoms with van der Waals surface area (Å²) in [5.41, 5.74) is 0.542. The van der Waals surface area contributed by atoms with Crippen LogP contribution < -0.4 is 0 Å². The zero-order chi connectivity index (χ0) is 14.5. The summed E-state index contributed by atoms with van der Waals surface area (Å²) in [4.78, 5) is 25.4. The van der Waals surface area contributed by atoms with Crippen LogP contribution in [-0.4, -0.2) is 37.0 Å². The molecule has 0 spiro atoms. The number of carbonyl (C=O) groups is 2. The minimum Gasteiger partial charge on any atom is -0.469 e. The van der Waals surface area contributed by atoms with Crippen molar-refractivity contribution < 1.29 is 14.3 Å². The Morgan fingerprint density at radius 1 is 1.30 bits per heavy atom.